The van der Waals surface area contributed by atoms with Crippen LogP contribution in [0.2, 0.25) is 5.02 Å². The van der Waals surface area contributed by atoms with Crippen LogP contribution in [0.5, 0.6) is 17.2 Å². The summed E-state index contributed by atoms with van der Waals surface area (Å²) in [6.45, 7) is 6.31. The number of benzene rings is 2. The van der Waals surface area contributed by atoms with Crippen molar-refractivity contribution in [2.24, 2.45) is 5.73 Å². The van der Waals surface area contributed by atoms with E-state index in [0.29, 0.717) is 41.0 Å². The quantitative estimate of drug-likeness (QED) is 0.365. The molecule has 1 aliphatic rings. The van der Waals surface area contributed by atoms with Crippen LogP contribution in [-0.4, -0.2) is 32.4 Å². The predicted molar refractivity (Wildman–Crippen MR) is 130 cm³/mol. The highest BCUT2D eigenvalue weighted by Crippen LogP contribution is 2.42. The highest BCUT2D eigenvalue weighted by atomic mass is 35.5. The molecular weight excluding hydrogens is 472 g/mol. The topological polar surface area (TPSA) is 113 Å². The first kappa shape index (κ1) is 25.8. The number of hydrogen-bond donors (Lipinski definition) is 1. The van der Waals surface area contributed by atoms with E-state index in [1.165, 1.54) is 0 Å². The number of hydrogen-bond acceptors (Lipinski definition) is 8. The number of rotatable bonds is 10. The third-order valence-corrected chi connectivity index (χ3v) is 5.38. The number of nitrogens with two attached hydrogens (primary N) is 1. The van der Waals surface area contributed by atoms with Crippen molar-refractivity contribution in [3.05, 3.63) is 75.8 Å². The number of halogens is 1. The molecular formula is C26H27ClN2O6. The number of carbonyl (C=O) groups is 1. The van der Waals surface area contributed by atoms with Crippen LogP contribution in [0.15, 0.2) is 65.3 Å². The number of carbonyl (C=O) groups excluding carboxylic acids is 1. The lowest BCUT2D eigenvalue weighted by Gasteiger charge is -2.27. The molecule has 2 aromatic rings. The van der Waals surface area contributed by atoms with E-state index >= 15 is 0 Å². The van der Waals surface area contributed by atoms with Gasteiger partial charge in [-0.3, -0.25) is 0 Å². The molecule has 0 aromatic heterocycles. The third kappa shape index (κ3) is 6.19. The van der Waals surface area contributed by atoms with Gasteiger partial charge in [-0.25, -0.2) is 4.79 Å². The van der Waals surface area contributed by atoms with Crippen molar-refractivity contribution in [2.45, 2.75) is 26.7 Å². The summed E-state index contributed by atoms with van der Waals surface area (Å²) >= 11 is 5.89. The lowest BCUT2D eigenvalue weighted by Crippen LogP contribution is -2.25. The van der Waals surface area contributed by atoms with E-state index in [0.717, 1.165) is 0 Å². The van der Waals surface area contributed by atoms with Crippen LogP contribution < -0.4 is 19.9 Å². The fourth-order valence-electron chi connectivity index (χ4n) is 3.62. The van der Waals surface area contributed by atoms with Gasteiger partial charge in [-0.05, 0) is 62.7 Å². The zero-order valence-electron chi connectivity index (χ0n) is 19.8. The third-order valence-electron chi connectivity index (χ3n) is 5.13. The molecule has 9 heteroatoms. The molecule has 8 nitrogen and oxygen atoms in total. The first-order valence-electron chi connectivity index (χ1n) is 11.1. The highest BCUT2D eigenvalue weighted by molar-refractivity contribution is 6.30. The smallest absolute Gasteiger partial charge is 0.338 e. The molecule has 1 unspecified atom stereocenters. The molecule has 0 aliphatic carbocycles. The molecule has 0 bridgehead atoms. The van der Waals surface area contributed by atoms with E-state index in [2.05, 4.69) is 6.07 Å². The summed E-state index contributed by atoms with van der Waals surface area (Å²) in [7, 11) is 0. The number of ether oxygens (including phenoxy) is 5. The van der Waals surface area contributed by atoms with Crippen LogP contribution in [-0.2, 0) is 14.3 Å². The lowest BCUT2D eigenvalue weighted by molar-refractivity contribution is -0.139. The maximum absolute atomic E-state index is 12.7. The Bertz CT molecular complexity index is 1170. The summed E-state index contributed by atoms with van der Waals surface area (Å²) in [5.74, 6) is 0.515. The minimum absolute atomic E-state index is 0.0549. The van der Waals surface area contributed by atoms with E-state index in [4.69, 9.17) is 41.0 Å². The fourth-order valence-corrected chi connectivity index (χ4v) is 3.75. The van der Waals surface area contributed by atoms with Crippen LogP contribution in [0.4, 0.5) is 0 Å². The van der Waals surface area contributed by atoms with E-state index in [9.17, 15) is 10.1 Å². The van der Waals surface area contributed by atoms with Crippen molar-refractivity contribution >= 4 is 17.6 Å². The molecule has 0 saturated heterocycles. The molecule has 0 fully saturated rings. The van der Waals surface area contributed by atoms with Gasteiger partial charge in [0.15, 0.2) is 11.5 Å². The maximum Gasteiger partial charge on any atom is 0.338 e. The SMILES string of the molecule is CCOC(=O)C1=C(C)OC(N)=C(C#N)C1c1ccc(OCCOc2ccc(Cl)cc2)c(OCC)c1. The van der Waals surface area contributed by atoms with Crippen molar-refractivity contribution < 1.29 is 28.5 Å². The molecule has 184 valence electrons. The zero-order chi connectivity index (χ0) is 25.4. The molecule has 2 aromatic carbocycles. The molecule has 0 spiro atoms. The molecule has 1 atom stereocenters. The number of esters is 1. The summed E-state index contributed by atoms with van der Waals surface area (Å²) in [5, 5.41) is 10.4. The molecule has 1 heterocycles. The average molecular weight is 499 g/mol. The Hall–Kier alpha value is -3.83. The minimum Gasteiger partial charge on any atom is -0.490 e. The Kier molecular flexibility index (Phi) is 8.87. The average Bonchev–Trinajstić information content (AvgIpc) is 2.83. The fraction of sp³-hybridized carbons (Fsp3) is 0.308. The van der Waals surface area contributed by atoms with Crippen molar-refractivity contribution in [3.63, 3.8) is 0 Å². The summed E-state index contributed by atoms with van der Waals surface area (Å²) in [4.78, 5) is 12.7. The highest BCUT2D eigenvalue weighted by Gasteiger charge is 2.36. The Morgan fingerprint density at radius 2 is 1.77 bits per heavy atom. The largest absolute Gasteiger partial charge is 0.490 e. The van der Waals surface area contributed by atoms with Gasteiger partial charge in [0.2, 0.25) is 5.88 Å². The number of nitrogens with zero attached hydrogens (tertiary/aromatic N) is 1. The van der Waals surface area contributed by atoms with E-state index < -0.39 is 11.9 Å². The predicted octanol–water partition coefficient (Wildman–Crippen LogP) is 4.84. The molecule has 3 rings (SSSR count). The van der Waals surface area contributed by atoms with E-state index in [1.54, 1.807) is 56.3 Å². The van der Waals surface area contributed by atoms with Crippen molar-refractivity contribution in [1.29, 1.82) is 5.26 Å². The minimum atomic E-state index is -0.769. The van der Waals surface area contributed by atoms with Gasteiger partial charge < -0.3 is 29.4 Å². The second-order valence-corrected chi connectivity index (χ2v) is 7.84. The van der Waals surface area contributed by atoms with Gasteiger partial charge in [0.05, 0.1) is 24.7 Å². The molecule has 2 N–H and O–H groups in total. The molecule has 0 radical (unpaired) electrons. The Morgan fingerprint density at radius 3 is 2.43 bits per heavy atom. The molecule has 1 aliphatic heterocycles. The lowest BCUT2D eigenvalue weighted by atomic mass is 9.83. The monoisotopic (exact) mass is 498 g/mol. The molecule has 0 saturated carbocycles. The van der Waals surface area contributed by atoms with Gasteiger partial charge in [-0.15, -0.1) is 0 Å². The standard InChI is InChI=1S/C26H27ClN2O6/c1-4-31-22-14-17(6-11-21(22)34-13-12-33-19-9-7-18(27)8-10-19)24-20(15-28)25(29)35-16(3)23(24)26(30)32-5-2/h6-11,14,24H,4-5,12-13,29H2,1-3H3. The first-order valence-corrected chi connectivity index (χ1v) is 11.5. The summed E-state index contributed by atoms with van der Waals surface area (Å²) in [6, 6.07) is 14.3. The normalized spacial score (nSPS) is 15.2. The maximum atomic E-state index is 12.7. The molecule has 35 heavy (non-hydrogen) atoms. The van der Waals surface area contributed by atoms with Crippen LogP contribution >= 0.6 is 11.6 Å². The summed E-state index contributed by atoms with van der Waals surface area (Å²) in [6.07, 6.45) is 0. The second-order valence-electron chi connectivity index (χ2n) is 7.41. The Balaban J connectivity index is 1.84. The second kappa shape index (κ2) is 12.0. The van der Waals surface area contributed by atoms with Gasteiger partial charge in [-0.1, -0.05) is 17.7 Å². The van der Waals surface area contributed by atoms with Gasteiger partial charge >= 0.3 is 5.97 Å². The van der Waals surface area contributed by atoms with Crippen molar-refractivity contribution in [2.75, 3.05) is 26.4 Å². The number of nitriles is 1. The van der Waals surface area contributed by atoms with Crippen molar-refractivity contribution in [3.8, 4) is 23.3 Å². The van der Waals surface area contributed by atoms with Gasteiger partial charge in [0, 0.05) is 5.02 Å². The van der Waals surface area contributed by atoms with Crippen LogP contribution in [0.25, 0.3) is 0 Å². The van der Waals surface area contributed by atoms with E-state index in [1.807, 2.05) is 6.92 Å². The number of allylic oxidation sites excluding steroid dienone is 2. The van der Waals surface area contributed by atoms with Gasteiger partial charge in [0.25, 0.3) is 0 Å². The Labute approximate surface area is 209 Å². The Morgan fingerprint density at radius 1 is 1.06 bits per heavy atom. The van der Waals surface area contributed by atoms with Crippen LogP contribution in [0, 0.1) is 11.3 Å². The van der Waals surface area contributed by atoms with Crippen LogP contribution in [0.1, 0.15) is 32.3 Å². The van der Waals surface area contributed by atoms with Crippen LogP contribution in [0.3, 0.4) is 0 Å². The summed E-state index contributed by atoms with van der Waals surface area (Å²) in [5.41, 5.74) is 6.92. The van der Waals surface area contributed by atoms with Gasteiger partial charge in [0.1, 0.15) is 36.4 Å². The van der Waals surface area contributed by atoms with Gasteiger partial charge in [-0.2, -0.15) is 5.26 Å². The van der Waals surface area contributed by atoms with E-state index in [-0.39, 0.29) is 36.0 Å². The van der Waals surface area contributed by atoms with Crippen molar-refractivity contribution in [1.82, 2.24) is 0 Å². The zero-order valence-corrected chi connectivity index (χ0v) is 20.6. The first-order chi connectivity index (χ1) is 16.9. The summed E-state index contributed by atoms with van der Waals surface area (Å²) < 4.78 is 28.0. The molecule has 0 amide bonds.